The minimum Gasteiger partial charge on any atom is -0.419 e. The first kappa shape index (κ1) is 21.2. The molecule has 7 nitrogen and oxygen atoms in total. The summed E-state index contributed by atoms with van der Waals surface area (Å²) in [4.78, 5) is 2.10. The van der Waals surface area contributed by atoms with Gasteiger partial charge >= 0.3 is 10.5 Å². The number of nitrogens with zero attached hydrogens (tertiary/aromatic N) is 3. The molecular formula is C19H19ClFN3O4S. The summed E-state index contributed by atoms with van der Waals surface area (Å²) in [6.07, 6.45) is 0.910. The van der Waals surface area contributed by atoms with Crippen molar-refractivity contribution in [2.24, 2.45) is 0 Å². The van der Waals surface area contributed by atoms with Crippen molar-refractivity contribution < 1.29 is 20.9 Å². The van der Waals surface area contributed by atoms with Gasteiger partial charge in [0.15, 0.2) is 0 Å². The van der Waals surface area contributed by atoms with Crippen molar-refractivity contribution in [1.29, 1.82) is 0 Å². The molecule has 10 heteroatoms. The third-order valence-corrected chi connectivity index (χ3v) is 4.72. The number of aromatic nitrogens is 2. The molecule has 0 aliphatic rings. The highest BCUT2D eigenvalue weighted by atomic mass is 35.5. The summed E-state index contributed by atoms with van der Waals surface area (Å²) in [5.74, 6) is 0.729. The Morgan fingerprint density at radius 1 is 1.10 bits per heavy atom. The Morgan fingerprint density at radius 3 is 2.48 bits per heavy atom. The zero-order valence-corrected chi connectivity index (χ0v) is 17.2. The maximum absolute atomic E-state index is 12.6. The monoisotopic (exact) mass is 439 g/mol. The maximum atomic E-state index is 12.6. The van der Waals surface area contributed by atoms with E-state index in [1.807, 2.05) is 18.2 Å². The van der Waals surface area contributed by atoms with E-state index in [1.54, 1.807) is 18.2 Å². The molecule has 0 saturated heterocycles. The molecule has 3 rings (SSSR count). The Labute approximate surface area is 173 Å². The molecule has 1 heterocycles. The number of halogens is 2. The molecule has 0 aliphatic heterocycles. The van der Waals surface area contributed by atoms with Gasteiger partial charge in [-0.25, -0.2) is 0 Å². The van der Waals surface area contributed by atoms with Crippen molar-refractivity contribution in [3.05, 3.63) is 65.0 Å². The van der Waals surface area contributed by atoms with Crippen LogP contribution in [0.15, 0.2) is 52.9 Å². The van der Waals surface area contributed by atoms with Crippen LogP contribution in [0.1, 0.15) is 24.8 Å². The topological polar surface area (TPSA) is 85.5 Å². The van der Waals surface area contributed by atoms with Gasteiger partial charge in [0.25, 0.3) is 0 Å². The van der Waals surface area contributed by atoms with Crippen molar-refractivity contribution in [1.82, 2.24) is 15.1 Å². The van der Waals surface area contributed by atoms with Crippen molar-refractivity contribution >= 4 is 22.1 Å². The fourth-order valence-electron chi connectivity index (χ4n) is 2.81. The molecule has 0 N–H and O–H groups in total. The van der Waals surface area contributed by atoms with Crippen LogP contribution in [0.4, 0.5) is 3.89 Å². The van der Waals surface area contributed by atoms with E-state index < -0.39 is 10.5 Å². The minimum atomic E-state index is -5.03. The Balaban J connectivity index is 1.68. The van der Waals surface area contributed by atoms with E-state index in [4.69, 9.17) is 16.0 Å². The molecule has 0 spiro atoms. The zero-order chi connectivity index (χ0) is 20.9. The quantitative estimate of drug-likeness (QED) is 0.457. The summed E-state index contributed by atoms with van der Waals surface area (Å²) >= 11 is 6.17. The van der Waals surface area contributed by atoms with E-state index in [0.717, 1.165) is 18.5 Å². The van der Waals surface area contributed by atoms with Gasteiger partial charge in [-0.05, 0) is 42.8 Å². The van der Waals surface area contributed by atoms with Crippen molar-refractivity contribution in [3.8, 4) is 17.2 Å². The average Bonchev–Trinajstić information content (AvgIpc) is 3.11. The highest BCUT2D eigenvalue weighted by Crippen LogP contribution is 2.26. The van der Waals surface area contributed by atoms with Gasteiger partial charge in [-0.3, -0.25) is 4.90 Å². The third-order valence-electron chi connectivity index (χ3n) is 4.00. The lowest BCUT2D eigenvalue weighted by atomic mass is 10.2. The van der Waals surface area contributed by atoms with Crippen LogP contribution in [-0.4, -0.2) is 30.1 Å². The normalized spacial score (nSPS) is 11.7. The fourth-order valence-corrected chi connectivity index (χ4v) is 3.36. The highest BCUT2D eigenvalue weighted by molar-refractivity contribution is 7.81. The highest BCUT2D eigenvalue weighted by Gasteiger charge is 2.15. The van der Waals surface area contributed by atoms with Crippen LogP contribution in [-0.2, 0) is 23.6 Å². The van der Waals surface area contributed by atoms with Crippen molar-refractivity contribution in [2.45, 2.75) is 26.4 Å². The molecule has 154 valence electrons. The Hall–Kier alpha value is -2.49. The van der Waals surface area contributed by atoms with Crippen molar-refractivity contribution in [3.63, 3.8) is 0 Å². The number of hydrogen-bond acceptors (Lipinski definition) is 7. The molecule has 0 unspecified atom stereocenters. The van der Waals surface area contributed by atoms with Crippen LogP contribution in [0.25, 0.3) is 11.5 Å². The largest absolute Gasteiger partial charge is 0.488 e. The summed E-state index contributed by atoms with van der Waals surface area (Å²) in [5.41, 5.74) is 1.57. The van der Waals surface area contributed by atoms with Crippen LogP contribution >= 0.6 is 11.6 Å². The van der Waals surface area contributed by atoms with Gasteiger partial charge in [0.1, 0.15) is 5.75 Å². The summed E-state index contributed by atoms with van der Waals surface area (Å²) in [7, 11) is -5.03. The van der Waals surface area contributed by atoms with E-state index in [0.29, 0.717) is 35.5 Å². The molecule has 0 bridgehead atoms. The summed E-state index contributed by atoms with van der Waals surface area (Å²) in [5, 5.41) is 8.72. The molecule has 29 heavy (non-hydrogen) atoms. The van der Waals surface area contributed by atoms with Gasteiger partial charge in [0.05, 0.1) is 17.1 Å². The number of hydrogen-bond donors (Lipinski definition) is 0. The summed E-state index contributed by atoms with van der Waals surface area (Å²) < 4.78 is 43.7. The van der Waals surface area contributed by atoms with Crippen LogP contribution < -0.4 is 4.18 Å². The molecule has 2 aromatic carbocycles. The lowest BCUT2D eigenvalue weighted by Crippen LogP contribution is -2.23. The molecule has 0 saturated carbocycles. The van der Waals surface area contributed by atoms with Gasteiger partial charge < -0.3 is 8.60 Å². The average molecular weight is 440 g/mol. The Kier molecular flexibility index (Phi) is 6.83. The zero-order valence-electron chi connectivity index (χ0n) is 15.6. The fraction of sp³-hybridized carbons (Fsp3) is 0.263. The molecule has 0 fully saturated rings. The summed E-state index contributed by atoms with van der Waals surface area (Å²) in [6, 6.07) is 13.4. The van der Waals surface area contributed by atoms with E-state index in [9.17, 15) is 12.3 Å². The second-order valence-corrected chi connectivity index (χ2v) is 7.67. The van der Waals surface area contributed by atoms with Gasteiger partial charge in [-0.2, -0.15) is 8.42 Å². The van der Waals surface area contributed by atoms with E-state index in [-0.39, 0.29) is 5.75 Å². The van der Waals surface area contributed by atoms with Crippen molar-refractivity contribution in [2.75, 3.05) is 6.54 Å². The SMILES string of the molecule is CCCN(Cc1ccc(OS(=O)(=O)F)cc1)Cc1nnc(-c2ccccc2Cl)o1. The molecule has 0 amide bonds. The third kappa shape index (κ3) is 6.25. The Bertz CT molecular complexity index is 1060. The predicted octanol–water partition coefficient (Wildman–Crippen LogP) is 4.40. The maximum Gasteiger partial charge on any atom is 0.488 e. The van der Waals surface area contributed by atoms with Gasteiger partial charge in [0, 0.05) is 6.54 Å². The second kappa shape index (κ2) is 9.34. The first-order chi connectivity index (χ1) is 13.8. The Morgan fingerprint density at radius 2 is 1.83 bits per heavy atom. The van der Waals surface area contributed by atoms with Crippen LogP contribution in [0, 0.1) is 0 Å². The molecule has 1 aromatic heterocycles. The first-order valence-electron chi connectivity index (χ1n) is 8.86. The van der Waals surface area contributed by atoms with Gasteiger partial charge in [-0.15, -0.1) is 10.2 Å². The van der Waals surface area contributed by atoms with Crippen LogP contribution in [0.5, 0.6) is 5.75 Å². The van der Waals surface area contributed by atoms with Gasteiger partial charge in [0.2, 0.25) is 11.8 Å². The molecule has 0 radical (unpaired) electrons. The van der Waals surface area contributed by atoms with E-state index in [1.165, 1.54) is 12.1 Å². The van der Waals surface area contributed by atoms with Crippen LogP contribution in [0.2, 0.25) is 5.02 Å². The molecular weight excluding hydrogens is 421 g/mol. The predicted molar refractivity (Wildman–Crippen MR) is 106 cm³/mol. The first-order valence-corrected chi connectivity index (χ1v) is 10.6. The molecule has 3 aromatic rings. The standard InChI is InChI=1S/C19H19ClFN3O4S/c1-2-11-24(12-14-7-9-15(10-8-14)28-29(21,25)26)13-18-22-23-19(27-18)16-5-3-4-6-17(16)20/h3-10H,2,11-13H2,1H3. The lowest BCUT2D eigenvalue weighted by Gasteiger charge is -2.19. The van der Waals surface area contributed by atoms with E-state index in [2.05, 4.69) is 26.2 Å². The van der Waals surface area contributed by atoms with Gasteiger partial charge in [-0.1, -0.05) is 46.7 Å². The summed E-state index contributed by atoms with van der Waals surface area (Å²) in [6.45, 7) is 3.82. The number of rotatable bonds is 9. The van der Waals surface area contributed by atoms with E-state index >= 15 is 0 Å². The molecule has 0 aliphatic carbocycles. The lowest BCUT2D eigenvalue weighted by molar-refractivity contribution is 0.232. The smallest absolute Gasteiger partial charge is 0.419 e. The van der Waals surface area contributed by atoms with Crippen LogP contribution in [0.3, 0.4) is 0 Å². The minimum absolute atomic E-state index is 0.0837. The molecule has 0 atom stereocenters. The number of benzene rings is 2. The second-order valence-electron chi connectivity index (χ2n) is 6.31.